The number of amides is 1. The van der Waals surface area contributed by atoms with Crippen molar-refractivity contribution in [2.24, 2.45) is 14.1 Å². The zero-order valence-corrected chi connectivity index (χ0v) is 15.6. The topological polar surface area (TPSA) is 111 Å². The minimum atomic E-state index is -2.13. The molecular formula is C17H21N7O3. The van der Waals surface area contributed by atoms with E-state index in [0.717, 1.165) is 11.3 Å². The lowest BCUT2D eigenvalue weighted by atomic mass is 9.99. The molecule has 27 heavy (non-hydrogen) atoms. The van der Waals surface area contributed by atoms with Crippen molar-refractivity contribution in [1.29, 1.82) is 0 Å². The fourth-order valence-corrected chi connectivity index (χ4v) is 2.89. The summed E-state index contributed by atoms with van der Waals surface area (Å²) < 4.78 is 7.83. The Labute approximate surface area is 156 Å². The molecule has 10 heteroatoms. The second kappa shape index (κ2) is 7.16. The molecule has 0 radical (unpaired) electrons. The number of likely N-dealkylation sites (N-methyl/N-ethyl adjacent to an activating group) is 1. The molecular weight excluding hydrogens is 350 g/mol. The van der Waals surface area contributed by atoms with Gasteiger partial charge < -0.3 is 14.7 Å². The predicted octanol–water partition coefficient (Wildman–Crippen LogP) is -0.153. The summed E-state index contributed by atoms with van der Waals surface area (Å²) in [6, 6.07) is 7.33. The Hall–Kier alpha value is -3.27. The third-order valence-corrected chi connectivity index (χ3v) is 4.30. The molecule has 0 unspecified atom stereocenters. The Bertz CT molecular complexity index is 892. The molecule has 0 aliphatic rings. The van der Waals surface area contributed by atoms with E-state index >= 15 is 0 Å². The van der Waals surface area contributed by atoms with Crippen LogP contribution in [0.4, 0.5) is 0 Å². The molecule has 1 aromatic carbocycles. The minimum absolute atomic E-state index is 0.0604. The zero-order chi connectivity index (χ0) is 19.6. The highest BCUT2D eigenvalue weighted by Crippen LogP contribution is 2.28. The third-order valence-electron chi connectivity index (χ3n) is 4.30. The number of carbonyl (C=O) groups excluding carboxylic acids is 1. The second-order valence-electron chi connectivity index (χ2n) is 6.13. The number of carbonyl (C=O) groups is 1. The predicted molar refractivity (Wildman–Crippen MR) is 94.5 cm³/mol. The summed E-state index contributed by atoms with van der Waals surface area (Å²) in [6.45, 7) is 0.279. The van der Waals surface area contributed by atoms with E-state index < -0.39 is 11.5 Å². The van der Waals surface area contributed by atoms with Crippen LogP contribution >= 0.6 is 0 Å². The van der Waals surface area contributed by atoms with E-state index in [1.165, 1.54) is 26.9 Å². The Kier molecular flexibility index (Phi) is 4.91. The lowest BCUT2D eigenvalue weighted by Gasteiger charge is -2.29. The fourth-order valence-electron chi connectivity index (χ4n) is 2.89. The van der Waals surface area contributed by atoms with Gasteiger partial charge in [-0.3, -0.25) is 4.79 Å². The standard InChI is InChI=1S/C17H21N7O3/c1-22(9-12-5-7-13(27-4)8-6-12)16(25)17(26,14-18-10-20-23(14)2)15-19-11-21-24(15)3/h5-8,10-11,26H,9H2,1-4H3. The Morgan fingerprint density at radius 1 is 1.11 bits per heavy atom. The third kappa shape index (κ3) is 3.26. The number of methoxy groups -OCH3 is 1. The molecule has 0 saturated carbocycles. The molecule has 3 aromatic rings. The van der Waals surface area contributed by atoms with Crippen LogP contribution in [0.1, 0.15) is 17.2 Å². The quantitative estimate of drug-likeness (QED) is 0.641. The van der Waals surface area contributed by atoms with Crippen LogP contribution in [0.5, 0.6) is 5.75 Å². The van der Waals surface area contributed by atoms with Crippen molar-refractivity contribution in [3.8, 4) is 5.75 Å². The Morgan fingerprint density at radius 2 is 1.63 bits per heavy atom. The Balaban J connectivity index is 1.95. The van der Waals surface area contributed by atoms with Crippen LogP contribution in [0.3, 0.4) is 0 Å². The van der Waals surface area contributed by atoms with Gasteiger partial charge in [0.1, 0.15) is 18.4 Å². The van der Waals surface area contributed by atoms with Crippen LogP contribution < -0.4 is 4.74 Å². The van der Waals surface area contributed by atoms with Gasteiger partial charge in [-0.1, -0.05) is 12.1 Å². The van der Waals surface area contributed by atoms with Crippen LogP contribution in [0, 0.1) is 0 Å². The first kappa shape index (κ1) is 18.5. The highest BCUT2D eigenvalue weighted by molar-refractivity contribution is 5.88. The average molecular weight is 371 g/mol. The molecule has 1 N–H and O–H groups in total. The molecule has 3 rings (SSSR count). The molecule has 0 aliphatic carbocycles. The highest BCUT2D eigenvalue weighted by Gasteiger charge is 2.49. The number of hydrogen-bond donors (Lipinski definition) is 1. The smallest absolute Gasteiger partial charge is 0.270 e. The minimum Gasteiger partial charge on any atom is -0.497 e. The molecule has 0 bridgehead atoms. The number of rotatable bonds is 6. The van der Waals surface area contributed by atoms with Crippen molar-refractivity contribution >= 4 is 5.91 Å². The summed E-state index contributed by atoms with van der Waals surface area (Å²) in [5.41, 5.74) is -1.25. The van der Waals surface area contributed by atoms with Crippen LogP contribution in [0.25, 0.3) is 0 Å². The van der Waals surface area contributed by atoms with E-state index in [1.54, 1.807) is 28.3 Å². The van der Waals surface area contributed by atoms with Gasteiger partial charge in [0.25, 0.3) is 11.5 Å². The molecule has 2 heterocycles. The first-order valence-electron chi connectivity index (χ1n) is 8.17. The van der Waals surface area contributed by atoms with Gasteiger partial charge in [0.2, 0.25) is 0 Å². The number of benzene rings is 1. The summed E-state index contributed by atoms with van der Waals surface area (Å²) in [5.74, 6) is 0.253. The molecule has 0 spiro atoms. The van der Waals surface area contributed by atoms with Crippen LogP contribution in [0.15, 0.2) is 36.9 Å². The molecule has 0 aliphatic heterocycles. The Morgan fingerprint density at radius 3 is 2.04 bits per heavy atom. The maximum atomic E-state index is 13.3. The van der Waals surface area contributed by atoms with E-state index in [-0.39, 0.29) is 18.2 Å². The molecule has 0 atom stereocenters. The molecule has 0 fully saturated rings. The lowest BCUT2D eigenvalue weighted by molar-refractivity contribution is -0.149. The van der Waals surface area contributed by atoms with E-state index in [0.29, 0.717) is 0 Å². The number of aromatic nitrogens is 6. The van der Waals surface area contributed by atoms with Crippen molar-refractivity contribution in [2.75, 3.05) is 14.2 Å². The molecule has 0 saturated heterocycles. The SMILES string of the molecule is COc1ccc(CN(C)C(=O)C(O)(c2ncnn2C)c2ncnn2C)cc1. The molecule has 10 nitrogen and oxygen atoms in total. The highest BCUT2D eigenvalue weighted by atomic mass is 16.5. The van der Waals surface area contributed by atoms with Crippen molar-refractivity contribution < 1.29 is 14.6 Å². The zero-order valence-electron chi connectivity index (χ0n) is 15.6. The van der Waals surface area contributed by atoms with Gasteiger partial charge in [-0.25, -0.2) is 19.3 Å². The van der Waals surface area contributed by atoms with Gasteiger partial charge in [0, 0.05) is 27.7 Å². The normalized spacial score (nSPS) is 11.4. The van der Waals surface area contributed by atoms with Gasteiger partial charge >= 0.3 is 0 Å². The number of aliphatic hydroxyl groups is 1. The number of hydrogen-bond acceptors (Lipinski definition) is 7. The van der Waals surface area contributed by atoms with E-state index in [2.05, 4.69) is 20.2 Å². The van der Waals surface area contributed by atoms with E-state index in [4.69, 9.17) is 4.74 Å². The largest absolute Gasteiger partial charge is 0.497 e. The summed E-state index contributed by atoms with van der Waals surface area (Å²) in [7, 11) is 6.39. The van der Waals surface area contributed by atoms with Crippen molar-refractivity contribution in [1.82, 2.24) is 34.4 Å². The number of nitrogens with zero attached hydrogens (tertiary/aromatic N) is 7. The summed E-state index contributed by atoms with van der Waals surface area (Å²) in [4.78, 5) is 22.8. The number of ether oxygens (including phenoxy) is 1. The second-order valence-corrected chi connectivity index (χ2v) is 6.13. The summed E-state index contributed by atoms with van der Waals surface area (Å²) in [6.07, 6.45) is 2.54. The van der Waals surface area contributed by atoms with Crippen LogP contribution in [-0.2, 0) is 31.0 Å². The first-order chi connectivity index (χ1) is 12.9. The van der Waals surface area contributed by atoms with Crippen LogP contribution in [-0.4, -0.2) is 59.6 Å². The van der Waals surface area contributed by atoms with Gasteiger partial charge in [-0.05, 0) is 17.7 Å². The molecule has 142 valence electrons. The lowest BCUT2D eigenvalue weighted by Crippen LogP contribution is -2.49. The van der Waals surface area contributed by atoms with Gasteiger partial charge in [0.15, 0.2) is 11.6 Å². The van der Waals surface area contributed by atoms with Crippen molar-refractivity contribution in [3.05, 3.63) is 54.1 Å². The number of aryl methyl sites for hydroxylation is 2. The van der Waals surface area contributed by atoms with E-state index in [1.807, 2.05) is 24.3 Å². The monoisotopic (exact) mass is 371 g/mol. The maximum absolute atomic E-state index is 13.3. The molecule has 2 aromatic heterocycles. The van der Waals surface area contributed by atoms with Gasteiger partial charge in [0.05, 0.1) is 7.11 Å². The maximum Gasteiger partial charge on any atom is 0.270 e. The molecule has 1 amide bonds. The van der Waals surface area contributed by atoms with Crippen molar-refractivity contribution in [3.63, 3.8) is 0 Å². The summed E-state index contributed by atoms with van der Waals surface area (Å²) in [5, 5.41) is 19.4. The van der Waals surface area contributed by atoms with Gasteiger partial charge in [-0.15, -0.1) is 0 Å². The van der Waals surface area contributed by atoms with Crippen molar-refractivity contribution in [2.45, 2.75) is 12.1 Å². The van der Waals surface area contributed by atoms with Gasteiger partial charge in [-0.2, -0.15) is 10.2 Å². The van der Waals surface area contributed by atoms with Crippen LogP contribution in [0.2, 0.25) is 0 Å². The summed E-state index contributed by atoms with van der Waals surface area (Å²) >= 11 is 0. The van der Waals surface area contributed by atoms with E-state index in [9.17, 15) is 9.90 Å². The average Bonchev–Trinajstić information content (AvgIpc) is 3.29. The fraction of sp³-hybridized carbons (Fsp3) is 0.353. The first-order valence-corrected chi connectivity index (χ1v) is 8.17.